The zero-order chi connectivity index (χ0) is 15.3. The third-order valence-electron chi connectivity index (χ3n) is 2.80. The zero-order valence-electron chi connectivity index (χ0n) is 11.8. The number of hydrogen-bond donors (Lipinski definition) is 1. The van der Waals surface area contributed by atoms with Gasteiger partial charge in [-0.15, -0.1) is 0 Å². The third kappa shape index (κ3) is 5.02. The Hall–Kier alpha value is -1.27. The fourth-order valence-corrected chi connectivity index (χ4v) is 2.62. The fraction of sp³-hybridized carbons (Fsp3) is 0.462. The Labute approximate surface area is 125 Å². The molecular weight excluding hydrogens is 300 g/mol. The summed E-state index contributed by atoms with van der Waals surface area (Å²) in [6.45, 7) is 3.54. The first-order valence-electron chi connectivity index (χ1n) is 6.26. The van der Waals surface area contributed by atoms with Gasteiger partial charge in [-0.3, -0.25) is 9.10 Å². The molecule has 1 unspecified atom stereocenters. The molecule has 1 aromatic rings. The van der Waals surface area contributed by atoms with Crippen LogP contribution in [0.5, 0.6) is 0 Å². The van der Waals surface area contributed by atoms with Gasteiger partial charge in [0.1, 0.15) is 6.54 Å². The average molecular weight is 319 g/mol. The Morgan fingerprint density at radius 2 is 2.10 bits per heavy atom. The van der Waals surface area contributed by atoms with Crippen LogP contribution in [0.3, 0.4) is 0 Å². The summed E-state index contributed by atoms with van der Waals surface area (Å²) in [7, 11) is -3.56. The number of sulfonamides is 1. The highest BCUT2D eigenvalue weighted by molar-refractivity contribution is 7.92. The molecule has 1 aromatic carbocycles. The largest absolute Gasteiger partial charge is 0.352 e. The Morgan fingerprint density at radius 1 is 1.45 bits per heavy atom. The highest BCUT2D eigenvalue weighted by Gasteiger charge is 2.21. The van der Waals surface area contributed by atoms with Crippen molar-refractivity contribution >= 4 is 33.2 Å². The number of nitrogens with one attached hydrogen (secondary N) is 1. The Morgan fingerprint density at radius 3 is 2.60 bits per heavy atom. The summed E-state index contributed by atoms with van der Waals surface area (Å²) in [6.07, 6.45) is 1.84. The number of benzene rings is 1. The van der Waals surface area contributed by atoms with Crippen LogP contribution < -0.4 is 9.62 Å². The van der Waals surface area contributed by atoms with Gasteiger partial charge in [0.05, 0.1) is 11.9 Å². The molecule has 7 heteroatoms. The molecule has 0 aliphatic carbocycles. The van der Waals surface area contributed by atoms with E-state index >= 15 is 0 Å². The van der Waals surface area contributed by atoms with Crippen LogP contribution in [-0.2, 0) is 14.8 Å². The number of hydrogen-bond acceptors (Lipinski definition) is 3. The third-order valence-corrected chi connectivity index (χ3v) is 4.18. The number of halogens is 1. The fourth-order valence-electron chi connectivity index (χ4n) is 1.58. The smallest absolute Gasteiger partial charge is 0.240 e. The lowest BCUT2D eigenvalue weighted by Crippen LogP contribution is -2.43. The molecule has 1 N–H and O–H groups in total. The van der Waals surface area contributed by atoms with E-state index in [1.54, 1.807) is 18.2 Å². The van der Waals surface area contributed by atoms with Crippen molar-refractivity contribution in [3.05, 3.63) is 29.3 Å². The molecule has 0 aromatic heterocycles. The van der Waals surface area contributed by atoms with Crippen molar-refractivity contribution in [2.45, 2.75) is 26.3 Å². The lowest BCUT2D eigenvalue weighted by atomic mass is 10.2. The van der Waals surface area contributed by atoms with E-state index in [2.05, 4.69) is 5.32 Å². The predicted molar refractivity (Wildman–Crippen MR) is 81.5 cm³/mol. The van der Waals surface area contributed by atoms with E-state index in [0.29, 0.717) is 10.7 Å². The van der Waals surface area contributed by atoms with Gasteiger partial charge in [0.2, 0.25) is 15.9 Å². The van der Waals surface area contributed by atoms with Crippen LogP contribution in [0, 0.1) is 0 Å². The van der Waals surface area contributed by atoms with Crippen LogP contribution in [0.25, 0.3) is 0 Å². The van der Waals surface area contributed by atoms with Crippen molar-refractivity contribution < 1.29 is 13.2 Å². The quantitative estimate of drug-likeness (QED) is 0.872. The number of amides is 1. The SMILES string of the molecule is CCC(C)NC(=O)CN(c1cccc(Cl)c1)S(C)(=O)=O. The summed E-state index contributed by atoms with van der Waals surface area (Å²) >= 11 is 5.86. The molecule has 1 atom stereocenters. The standard InChI is InChI=1S/C13H19ClN2O3S/c1-4-10(2)15-13(17)9-16(20(3,18)19)12-7-5-6-11(14)8-12/h5-8,10H,4,9H2,1-3H3,(H,15,17). The molecule has 0 spiro atoms. The number of anilines is 1. The summed E-state index contributed by atoms with van der Waals surface area (Å²) in [4.78, 5) is 11.9. The van der Waals surface area contributed by atoms with E-state index in [1.807, 2.05) is 13.8 Å². The second-order valence-corrected chi connectivity index (χ2v) is 6.97. The van der Waals surface area contributed by atoms with Crippen LogP contribution in [0.2, 0.25) is 5.02 Å². The maximum absolute atomic E-state index is 11.9. The first kappa shape index (κ1) is 16.8. The first-order valence-corrected chi connectivity index (χ1v) is 8.49. The molecule has 0 heterocycles. The van der Waals surface area contributed by atoms with Crippen molar-refractivity contribution in [3.63, 3.8) is 0 Å². The van der Waals surface area contributed by atoms with Gasteiger partial charge in [0, 0.05) is 11.1 Å². The molecule has 0 aliphatic heterocycles. The molecular formula is C13H19ClN2O3S. The minimum Gasteiger partial charge on any atom is -0.352 e. The Bertz CT molecular complexity index is 575. The Balaban J connectivity index is 2.95. The molecule has 112 valence electrons. The van der Waals surface area contributed by atoms with Gasteiger partial charge < -0.3 is 5.32 Å². The van der Waals surface area contributed by atoms with Crippen molar-refractivity contribution in [3.8, 4) is 0 Å². The number of nitrogens with zero attached hydrogens (tertiary/aromatic N) is 1. The molecule has 0 saturated heterocycles. The van der Waals surface area contributed by atoms with Crippen molar-refractivity contribution in [2.24, 2.45) is 0 Å². The van der Waals surface area contributed by atoms with Gasteiger partial charge in [0.15, 0.2) is 0 Å². The van der Waals surface area contributed by atoms with Gasteiger partial charge in [-0.1, -0.05) is 24.6 Å². The van der Waals surface area contributed by atoms with Gasteiger partial charge in [-0.2, -0.15) is 0 Å². The van der Waals surface area contributed by atoms with Crippen LogP contribution in [-0.4, -0.2) is 33.2 Å². The molecule has 0 aliphatic rings. The van der Waals surface area contributed by atoms with E-state index in [4.69, 9.17) is 11.6 Å². The van der Waals surface area contributed by atoms with Crippen LogP contribution >= 0.6 is 11.6 Å². The monoisotopic (exact) mass is 318 g/mol. The lowest BCUT2D eigenvalue weighted by Gasteiger charge is -2.23. The van der Waals surface area contributed by atoms with E-state index in [0.717, 1.165) is 17.0 Å². The second kappa shape index (κ2) is 6.95. The highest BCUT2D eigenvalue weighted by atomic mass is 35.5. The molecule has 20 heavy (non-hydrogen) atoms. The molecule has 5 nitrogen and oxygen atoms in total. The minimum atomic E-state index is -3.56. The van der Waals surface area contributed by atoms with Crippen LogP contribution in [0.15, 0.2) is 24.3 Å². The average Bonchev–Trinajstić information content (AvgIpc) is 2.34. The molecule has 0 fully saturated rings. The summed E-state index contributed by atoms with van der Waals surface area (Å²) in [5.41, 5.74) is 0.374. The van der Waals surface area contributed by atoms with Gasteiger partial charge in [-0.05, 0) is 31.5 Å². The van der Waals surface area contributed by atoms with Gasteiger partial charge >= 0.3 is 0 Å². The summed E-state index contributed by atoms with van der Waals surface area (Å²) in [6, 6.07) is 6.40. The number of rotatable bonds is 6. The summed E-state index contributed by atoms with van der Waals surface area (Å²) in [5.74, 6) is -0.343. The first-order chi connectivity index (χ1) is 9.24. The van der Waals surface area contributed by atoms with Crippen molar-refractivity contribution in [1.29, 1.82) is 0 Å². The van der Waals surface area contributed by atoms with Crippen LogP contribution in [0.4, 0.5) is 5.69 Å². The van der Waals surface area contributed by atoms with E-state index in [1.165, 1.54) is 6.07 Å². The molecule has 1 rings (SSSR count). The normalized spacial score (nSPS) is 12.8. The summed E-state index contributed by atoms with van der Waals surface area (Å²) in [5, 5.41) is 3.15. The van der Waals surface area contributed by atoms with E-state index < -0.39 is 10.0 Å². The summed E-state index contributed by atoms with van der Waals surface area (Å²) < 4.78 is 24.7. The van der Waals surface area contributed by atoms with E-state index in [-0.39, 0.29) is 18.5 Å². The lowest BCUT2D eigenvalue weighted by molar-refractivity contribution is -0.120. The zero-order valence-corrected chi connectivity index (χ0v) is 13.3. The molecule has 0 radical (unpaired) electrons. The van der Waals surface area contributed by atoms with Crippen molar-refractivity contribution in [1.82, 2.24) is 5.32 Å². The highest BCUT2D eigenvalue weighted by Crippen LogP contribution is 2.21. The van der Waals surface area contributed by atoms with E-state index in [9.17, 15) is 13.2 Å². The minimum absolute atomic E-state index is 0.00303. The van der Waals surface area contributed by atoms with Crippen molar-refractivity contribution in [2.75, 3.05) is 17.1 Å². The molecule has 1 amide bonds. The maximum Gasteiger partial charge on any atom is 0.240 e. The topological polar surface area (TPSA) is 66.5 Å². The molecule has 0 saturated carbocycles. The predicted octanol–water partition coefficient (Wildman–Crippen LogP) is 2.02. The number of carbonyl (C=O) groups excluding carboxylic acids is 1. The maximum atomic E-state index is 11.9. The Kier molecular flexibility index (Phi) is 5.83. The number of carbonyl (C=O) groups is 1. The van der Waals surface area contributed by atoms with Gasteiger partial charge in [0.25, 0.3) is 0 Å². The van der Waals surface area contributed by atoms with Gasteiger partial charge in [-0.25, -0.2) is 8.42 Å². The second-order valence-electron chi connectivity index (χ2n) is 4.63. The molecule has 0 bridgehead atoms. The van der Waals surface area contributed by atoms with Crippen LogP contribution in [0.1, 0.15) is 20.3 Å².